The van der Waals surface area contributed by atoms with Crippen molar-refractivity contribution in [3.8, 4) is 0 Å². The Labute approximate surface area is 524 Å². The van der Waals surface area contributed by atoms with Crippen LogP contribution in [0, 0.1) is 31.1 Å². The van der Waals surface area contributed by atoms with Crippen molar-refractivity contribution in [1.29, 1.82) is 0 Å². The van der Waals surface area contributed by atoms with Crippen molar-refractivity contribution < 1.29 is 70.7 Å². The van der Waals surface area contributed by atoms with E-state index in [0.717, 1.165) is 128 Å². The first-order chi connectivity index (χ1) is 39.1. The average Bonchev–Trinajstić information content (AvgIpc) is 3.43. The second kappa shape index (κ2) is 83.3. The molecule has 0 saturated carbocycles. The molecule has 0 aromatic heterocycles. The van der Waals surface area contributed by atoms with Crippen molar-refractivity contribution in [3.05, 3.63) is 97.2 Å². The molecule has 0 aliphatic rings. The van der Waals surface area contributed by atoms with E-state index in [1.165, 1.54) is 154 Å². The van der Waals surface area contributed by atoms with Gasteiger partial charge in [0.15, 0.2) is 0 Å². The third-order valence-electron chi connectivity index (χ3n) is 13.3. The minimum Gasteiger partial charge on any atom is -0.550 e. The van der Waals surface area contributed by atoms with Gasteiger partial charge in [0.25, 0.3) is 0 Å². The van der Waals surface area contributed by atoms with E-state index in [1.807, 2.05) is 0 Å². The molecular weight excluding hydrogens is 1230 g/mol. The van der Waals surface area contributed by atoms with Crippen molar-refractivity contribution in [1.82, 2.24) is 0 Å². The van der Waals surface area contributed by atoms with E-state index in [4.69, 9.17) is 0 Å². The van der Waals surface area contributed by atoms with E-state index in [2.05, 4.69) is 125 Å². The second-order valence-electron chi connectivity index (χ2n) is 21.4. The maximum absolute atomic E-state index is 10.2. The summed E-state index contributed by atoms with van der Waals surface area (Å²) in [4.78, 5) is 40.8. The molecule has 9 heteroatoms. The number of hydrogen-bond acceptors (Lipinski definition) is 8. The molecule has 0 rings (SSSR count). The fourth-order valence-corrected chi connectivity index (χ4v) is 8.32. The molecule has 0 fully saturated rings. The summed E-state index contributed by atoms with van der Waals surface area (Å²) >= 11 is 0. The van der Waals surface area contributed by atoms with Crippen LogP contribution in [-0.4, -0.2) is 23.9 Å². The van der Waals surface area contributed by atoms with Gasteiger partial charge in [-0.1, -0.05) is 253 Å². The van der Waals surface area contributed by atoms with Crippen LogP contribution in [-0.2, 0) is 19.2 Å². The Hall–Kier alpha value is -3.15. The molecule has 0 aromatic carbocycles. The van der Waals surface area contributed by atoms with Gasteiger partial charge >= 0.3 is 31.1 Å². The third-order valence-corrected chi connectivity index (χ3v) is 13.3. The van der Waals surface area contributed by atoms with E-state index in [-0.39, 0.29) is 56.8 Å². The Morgan fingerprint density at radius 2 is 0.346 bits per heavy atom. The first kappa shape index (κ1) is 86.6. The van der Waals surface area contributed by atoms with E-state index in [9.17, 15) is 39.6 Å². The maximum Gasteiger partial charge on any atom is 4.00 e. The molecular formula is C72H124O8U. The molecule has 0 heterocycles. The molecule has 0 bridgehead atoms. The van der Waals surface area contributed by atoms with Crippen molar-refractivity contribution in [2.24, 2.45) is 0 Å². The van der Waals surface area contributed by atoms with E-state index >= 15 is 0 Å². The van der Waals surface area contributed by atoms with Crippen LogP contribution in [0.15, 0.2) is 97.2 Å². The van der Waals surface area contributed by atoms with Gasteiger partial charge < -0.3 is 39.6 Å². The van der Waals surface area contributed by atoms with Crippen molar-refractivity contribution in [2.75, 3.05) is 0 Å². The monoisotopic (exact) mass is 1350 g/mol. The molecule has 0 saturated heterocycles. The number of allylic oxidation sites excluding steroid dienone is 16. The van der Waals surface area contributed by atoms with Crippen LogP contribution in [0.2, 0.25) is 0 Å². The van der Waals surface area contributed by atoms with Crippen LogP contribution in [0.4, 0.5) is 0 Å². The zero-order chi connectivity index (χ0) is 59.6. The number of aliphatic carboxylic acids is 4. The standard InChI is InChI=1S/4C18H32O2.U/c4*1-2-3-4-5-6-7-8-9-10-11-12-13-14-15-16-17-18(19)20;/h4*6-7,9-10H,2-5,8,11-17H2,1H3,(H,19,20);/q;;;;+4/p-4/b4*7-6-,10-9-;. The van der Waals surface area contributed by atoms with Gasteiger partial charge in [0.2, 0.25) is 0 Å². The van der Waals surface area contributed by atoms with Crippen LogP contribution >= 0.6 is 0 Å². The first-order valence-corrected chi connectivity index (χ1v) is 33.1. The molecule has 0 aliphatic heterocycles. The third kappa shape index (κ3) is 102. The van der Waals surface area contributed by atoms with Gasteiger partial charge in [0, 0.05) is 23.9 Å². The number of hydrogen-bond donors (Lipinski definition) is 0. The Kier molecular flexibility index (Phi) is 89.1. The van der Waals surface area contributed by atoms with Crippen LogP contribution in [0.25, 0.3) is 0 Å². The number of carbonyl (C=O) groups is 4. The molecule has 0 unspecified atom stereocenters. The predicted octanol–water partition coefficient (Wildman–Crippen LogP) is 18.2. The molecule has 0 atom stereocenters. The second-order valence-corrected chi connectivity index (χ2v) is 21.4. The molecule has 0 aliphatic carbocycles. The quantitative estimate of drug-likeness (QED) is 0.0430. The minimum atomic E-state index is -0.921. The Morgan fingerprint density at radius 1 is 0.210 bits per heavy atom. The molecule has 0 spiro atoms. The number of rotatable bonds is 56. The van der Waals surface area contributed by atoms with Gasteiger partial charge in [-0.25, -0.2) is 0 Å². The predicted molar refractivity (Wildman–Crippen MR) is 337 cm³/mol. The molecule has 0 radical (unpaired) electrons. The largest absolute Gasteiger partial charge is 4.00 e. The minimum absolute atomic E-state index is 0. The molecule has 0 aromatic rings. The number of carboxylic acids is 4. The molecule has 81 heavy (non-hydrogen) atoms. The van der Waals surface area contributed by atoms with Gasteiger partial charge in [0.1, 0.15) is 0 Å². The van der Waals surface area contributed by atoms with E-state index < -0.39 is 23.9 Å². The Morgan fingerprint density at radius 3 is 0.494 bits per heavy atom. The maximum atomic E-state index is 10.2. The first-order valence-electron chi connectivity index (χ1n) is 33.1. The normalized spacial score (nSPS) is 11.5. The van der Waals surface area contributed by atoms with E-state index in [0.29, 0.717) is 0 Å². The van der Waals surface area contributed by atoms with Gasteiger partial charge in [-0.2, -0.15) is 0 Å². The van der Waals surface area contributed by atoms with Crippen LogP contribution in [0.5, 0.6) is 0 Å². The Bertz CT molecular complexity index is 1300. The summed E-state index contributed by atoms with van der Waals surface area (Å²) in [7, 11) is 0. The SMILES string of the molecule is CCCCC/C=C\C/C=C\CCCCCCCC(=O)[O-].CCCCC/C=C\C/C=C\CCCCCCCC(=O)[O-].CCCCC/C=C\C/C=C\CCCCCCCC(=O)[O-].CCCCC/C=C\C/C=C\CCCCCCCC(=O)[O-].[U+4]. The summed E-state index contributed by atoms with van der Waals surface area (Å²) in [6.07, 6.45) is 87.8. The van der Waals surface area contributed by atoms with Crippen molar-refractivity contribution in [3.63, 3.8) is 0 Å². The zero-order valence-corrected chi connectivity index (χ0v) is 57.1. The fourth-order valence-electron chi connectivity index (χ4n) is 8.32. The number of unbranched alkanes of at least 4 members (excludes halogenated alkanes) is 32. The molecule has 464 valence electrons. The van der Waals surface area contributed by atoms with Gasteiger partial charge in [0.05, 0.1) is 0 Å². The van der Waals surface area contributed by atoms with Crippen LogP contribution in [0.1, 0.15) is 336 Å². The smallest absolute Gasteiger partial charge is 0.550 e. The number of carbonyl (C=O) groups excluding carboxylic acids is 4. The fraction of sp³-hybridized carbons (Fsp3) is 0.722. The summed E-state index contributed by atoms with van der Waals surface area (Å²) < 4.78 is 0. The molecule has 0 amide bonds. The average molecular weight is 1360 g/mol. The summed E-state index contributed by atoms with van der Waals surface area (Å²) in [6, 6.07) is 0. The zero-order valence-electron chi connectivity index (χ0n) is 52.9. The van der Waals surface area contributed by atoms with Crippen LogP contribution < -0.4 is 20.4 Å². The van der Waals surface area contributed by atoms with Gasteiger partial charge in [-0.15, -0.1) is 0 Å². The van der Waals surface area contributed by atoms with Crippen molar-refractivity contribution >= 4 is 23.9 Å². The van der Waals surface area contributed by atoms with Gasteiger partial charge in [-0.3, -0.25) is 0 Å². The summed E-state index contributed by atoms with van der Waals surface area (Å²) in [5.74, 6) is -3.68. The Balaban J connectivity index is -0.000000316. The summed E-state index contributed by atoms with van der Waals surface area (Å²) in [5.41, 5.74) is 0. The van der Waals surface area contributed by atoms with Crippen molar-refractivity contribution in [2.45, 2.75) is 336 Å². The molecule has 0 N–H and O–H groups in total. The van der Waals surface area contributed by atoms with Gasteiger partial charge in [-0.05, 0) is 180 Å². The van der Waals surface area contributed by atoms with E-state index in [1.54, 1.807) is 0 Å². The summed E-state index contributed by atoms with van der Waals surface area (Å²) in [5, 5.41) is 40.8. The number of carboxylic acid groups (broad SMARTS) is 4. The topological polar surface area (TPSA) is 161 Å². The van der Waals surface area contributed by atoms with Crippen LogP contribution in [0.3, 0.4) is 0 Å². The molecule has 8 nitrogen and oxygen atoms in total. The summed E-state index contributed by atoms with van der Waals surface area (Å²) in [6.45, 7) is 8.93.